The highest BCUT2D eigenvalue weighted by Crippen LogP contribution is 2.34. The van der Waals surface area contributed by atoms with Crippen molar-refractivity contribution in [2.75, 3.05) is 7.11 Å². The third-order valence-corrected chi connectivity index (χ3v) is 4.07. The Bertz CT molecular complexity index is 937. The molecular formula is C16H10BrF2NO2. The predicted molar refractivity (Wildman–Crippen MR) is 84.2 cm³/mol. The zero-order valence-corrected chi connectivity index (χ0v) is 13.0. The number of H-pyrrole nitrogens is 1. The molecule has 0 saturated carbocycles. The number of hydrogen-bond acceptors (Lipinski definition) is 2. The van der Waals surface area contributed by atoms with Crippen LogP contribution in [-0.4, -0.2) is 12.1 Å². The predicted octanol–water partition coefficient (Wildman–Crippen LogP) is 4.24. The van der Waals surface area contributed by atoms with Crippen LogP contribution in [0.3, 0.4) is 0 Å². The fourth-order valence-electron chi connectivity index (χ4n) is 2.32. The van der Waals surface area contributed by atoms with E-state index in [0.29, 0.717) is 32.1 Å². The van der Waals surface area contributed by atoms with E-state index in [9.17, 15) is 13.6 Å². The molecule has 0 unspecified atom stereocenters. The Morgan fingerprint density at radius 3 is 2.50 bits per heavy atom. The second-order valence-electron chi connectivity index (χ2n) is 4.69. The van der Waals surface area contributed by atoms with Gasteiger partial charge in [0, 0.05) is 32.6 Å². The molecule has 0 saturated heterocycles. The van der Waals surface area contributed by atoms with Gasteiger partial charge in [0.15, 0.2) is 11.6 Å². The van der Waals surface area contributed by atoms with Crippen molar-refractivity contribution in [2.45, 2.75) is 0 Å². The lowest BCUT2D eigenvalue weighted by atomic mass is 10.0. The number of aromatic nitrogens is 1. The summed E-state index contributed by atoms with van der Waals surface area (Å²) in [5.41, 5.74) is 0.743. The highest BCUT2D eigenvalue weighted by molar-refractivity contribution is 9.10. The van der Waals surface area contributed by atoms with Crippen molar-refractivity contribution in [3.8, 4) is 16.9 Å². The largest absolute Gasteiger partial charge is 0.497 e. The zero-order valence-electron chi connectivity index (χ0n) is 11.4. The Morgan fingerprint density at radius 2 is 1.77 bits per heavy atom. The molecule has 0 radical (unpaired) electrons. The van der Waals surface area contributed by atoms with E-state index in [-0.39, 0.29) is 5.56 Å². The van der Waals surface area contributed by atoms with E-state index < -0.39 is 11.6 Å². The average Bonchev–Trinajstić information content (AvgIpc) is 2.51. The molecule has 1 N–H and O–H groups in total. The van der Waals surface area contributed by atoms with Gasteiger partial charge < -0.3 is 9.72 Å². The van der Waals surface area contributed by atoms with Crippen molar-refractivity contribution in [2.24, 2.45) is 0 Å². The Hall–Kier alpha value is -2.21. The lowest BCUT2D eigenvalue weighted by Gasteiger charge is -2.10. The number of ether oxygens (including phenoxy) is 1. The van der Waals surface area contributed by atoms with Crippen LogP contribution < -0.4 is 10.3 Å². The number of hydrogen-bond donors (Lipinski definition) is 1. The van der Waals surface area contributed by atoms with Gasteiger partial charge in [0.2, 0.25) is 0 Å². The molecule has 0 fully saturated rings. The minimum Gasteiger partial charge on any atom is -0.497 e. The summed E-state index contributed by atoms with van der Waals surface area (Å²) < 4.78 is 32.4. The number of rotatable bonds is 2. The number of nitrogens with one attached hydrogen (secondary N) is 1. The van der Waals surface area contributed by atoms with Gasteiger partial charge in [0.1, 0.15) is 5.75 Å². The van der Waals surface area contributed by atoms with Crippen molar-refractivity contribution in [1.82, 2.24) is 4.98 Å². The highest BCUT2D eigenvalue weighted by atomic mass is 79.9. The molecule has 0 atom stereocenters. The summed E-state index contributed by atoms with van der Waals surface area (Å²) in [5.74, 6) is -1.33. The zero-order chi connectivity index (χ0) is 15.9. The molecule has 3 aromatic rings. The average molecular weight is 366 g/mol. The maximum Gasteiger partial charge on any atom is 0.255 e. The molecule has 0 amide bonds. The van der Waals surface area contributed by atoms with E-state index >= 15 is 0 Å². The first kappa shape index (κ1) is 14.7. The molecule has 2 aromatic carbocycles. The molecule has 0 bridgehead atoms. The number of benzene rings is 2. The smallest absolute Gasteiger partial charge is 0.255 e. The minimum absolute atomic E-state index is 0.264. The van der Waals surface area contributed by atoms with Crippen LogP contribution in [0.15, 0.2) is 45.8 Å². The SMILES string of the molecule is COc1ccc2c(=O)[nH]cc(-c3cc(F)c(F)cc3Br)c2c1. The number of fused-ring (bicyclic) bond motifs is 1. The van der Waals surface area contributed by atoms with E-state index in [1.807, 2.05) is 0 Å². The van der Waals surface area contributed by atoms with Crippen LogP contribution in [0.5, 0.6) is 5.75 Å². The maximum atomic E-state index is 13.6. The highest BCUT2D eigenvalue weighted by Gasteiger charge is 2.14. The second-order valence-corrected chi connectivity index (χ2v) is 5.54. The van der Waals surface area contributed by atoms with E-state index in [1.54, 1.807) is 18.2 Å². The molecular weight excluding hydrogens is 356 g/mol. The fraction of sp³-hybridized carbons (Fsp3) is 0.0625. The van der Waals surface area contributed by atoms with Gasteiger partial charge >= 0.3 is 0 Å². The topological polar surface area (TPSA) is 42.1 Å². The molecule has 0 aliphatic rings. The molecule has 6 heteroatoms. The quantitative estimate of drug-likeness (QED) is 0.690. The van der Waals surface area contributed by atoms with Gasteiger partial charge in [-0.05, 0) is 30.3 Å². The third-order valence-electron chi connectivity index (χ3n) is 3.41. The van der Waals surface area contributed by atoms with Crippen molar-refractivity contribution >= 4 is 26.7 Å². The number of pyridine rings is 1. The van der Waals surface area contributed by atoms with Gasteiger partial charge in [0.05, 0.1) is 7.11 Å². The van der Waals surface area contributed by atoms with E-state index in [4.69, 9.17) is 4.74 Å². The van der Waals surface area contributed by atoms with Crippen LogP contribution in [0, 0.1) is 11.6 Å². The molecule has 1 aromatic heterocycles. The van der Waals surface area contributed by atoms with Gasteiger partial charge in [-0.1, -0.05) is 15.9 Å². The first-order chi connectivity index (χ1) is 10.5. The summed E-state index contributed by atoms with van der Waals surface area (Å²) in [5, 5.41) is 1.03. The molecule has 112 valence electrons. The molecule has 0 aliphatic heterocycles. The van der Waals surface area contributed by atoms with E-state index in [0.717, 1.165) is 12.1 Å². The molecule has 22 heavy (non-hydrogen) atoms. The van der Waals surface area contributed by atoms with E-state index in [2.05, 4.69) is 20.9 Å². The van der Waals surface area contributed by atoms with Gasteiger partial charge in [-0.3, -0.25) is 4.79 Å². The first-order valence-corrected chi connectivity index (χ1v) is 7.15. The first-order valence-electron chi connectivity index (χ1n) is 6.35. The Kier molecular flexibility index (Phi) is 3.70. The second kappa shape index (κ2) is 5.53. The minimum atomic E-state index is -0.958. The van der Waals surface area contributed by atoms with Crippen LogP contribution >= 0.6 is 15.9 Å². The van der Waals surface area contributed by atoms with Gasteiger partial charge in [0.25, 0.3) is 5.56 Å². The van der Waals surface area contributed by atoms with Crippen molar-refractivity contribution < 1.29 is 13.5 Å². The lowest BCUT2D eigenvalue weighted by molar-refractivity contribution is 0.415. The van der Waals surface area contributed by atoms with Crippen LogP contribution in [0.2, 0.25) is 0 Å². The normalized spacial score (nSPS) is 10.9. The summed E-state index contributed by atoms with van der Waals surface area (Å²) in [6.45, 7) is 0. The van der Waals surface area contributed by atoms with Crippen LogP contribution in [0.25, 0.3) is 21.9 Å². The number of methoxy groups -OCH3 is 1. The van der Waals surface area contributed by atoms with E-state index in [1.165, 1.54) is 13.3 Å². The summed E-state index contributed by atoms with van der Waals surface area (Å²) in [4.78, 5) is 14.5. The van der Waals surface area contributed by atoms with Crippen LogP contribution in [0.1, 0.15) is 0 Å². The summed E-state index contributed by atoms with van der Waals surface area (Å²) in [6, 6.07) is 7.13. The number of aromatic amines is 1. The van der Waals surface area contributed by atoms with Crippen LogP contribution in [0.4, 0.5) is 8.78 Å². The third kappa shape index (κ3) is 2.39. The van der Waals surface area contributed by atoms with Gasteiger partial charge in [-0.25, -0.2) is 8.78 Å². The van der Waals surface area contributed by atoms with Crippen molar-refractivity contribution in [1.29, 1.82) is 0 Å². The molecule has 3 rings (SSSR count). The molecule has 1 heterocycles. The molecule has 0 spiro atoms. The summed E-state index contributed by atoms with van der Waals surface area (Å²) in [7, 11) is 1.52. The fourth-order valence-corrected chi connectivity index (χ4v) is 2.85. The Balaban J connectivity index is 2.38. The number of halogens is 3. The Labute approximate surface area is 132 Å². The maximum absolute atomic E-state index is 13.6. The van der Waals surface area contributed by atoms with Gasteiger partial charge in [-0.15, -0.1) is 0 Å². The molecule has 3 nitrogen and oxygen atoms in total. The van der Waals surface area contributed by atoms with Gasteiger partial charge in [-0.2, -0.15) is 0 Å². The monoisotopic (exact) mass is 365 g/mol. The Morgan fingerprint density at radius 1 is 1.05 bits per heavy atom. The lowest BCUT2D eigenvalue weighted by Crippen LogP contribution is -2.06. The van der Waals surface area contributed by atoms with Crippen molar-refractivity contribution in [3.05, 3.63) is 63.0 Å². The van der Waals surface area contributed by atoms with Crippen LogP contribution in [-0.2, 0) is 0 Å². The molecule has 0 aliphatic carbocycles. The summed E-state index contributed by atoms with van der Waals surface area (Å²) >= 11 is 3.23. The summed E-state index contributed by atoms with van der Waals surface area (Å²) in [6.07, 6.45) is 1.47. The van der Waals surface area contributed by atoms with Crippen molar-refractivity contribution in [3.63, 3.8) is 0 Å². The standard InChI is InChI=1S/C16H10BrF2NO2/c1-22-8-2-3-9-10(4-8)12(7-20-16(9)21)11-5-14(18)15(19)6-13(11)17/h2-7H,1H3,(H,20,21).